The lowest BCUT2D eigenvalue weighted by Gasteiger charge is -2.01. The molecule has 1 heterocycles. The number of hydrogen-bond acceptors (Lipinski definition) is 3. The Kier molecular flexibility index (Phi) is 4.32. The van der Waals surface area contributed by atoms with Crippen LogP contribution in [-0.4, -0.2) is 23.2 Å². The summed E-state index contributed by atoms with van der Waals surface area (Å²) in [6.07, 6.45) is 4.66. The summed E-state index contributed by atoms with van der Waals surface area (Å²) in [5.41, 5.74) is 0. The van der Waals surface area contributed by atoms with Crippen LogP contribution in [0.25, 0.3) is 0 Å². The second-order valence-corrected chi connectivity index (χ2v) is 2.69. The van der Waals surface area contributed by atoms with Gasteiger partial charge in [-0.15, -0.1) is 0 Å². The molecule has 1 rings (SSSR count). The van der Waals surface area contributed by atoms with Crippen LogP contribution in [0, 0.1) is 0 Å². The molecule has 4 nitrogen and oxygen atoms in total. The Morgan fingerprint density at radius 3 is 3.00 bits per heavy atom. The van der Waals surface area contributed by atoms with Crippen LogP contribution in [0.5, 0.6) is 5.75 Å². The first kappa shape index (κ1) is 10.1. The van der Waals surface area contributed by atoms with Crippen LogP contribution in [0.1, 0.15) is 20.3 Å². The minimum absolute atomic E-state index is 0.300. The predicted octanol–water partition coefficient (Wildman–Crippen LogP) is 1.67. The first-order valence-electron chi connectivity index (χ1n) is 4.59. The van der Waals surface area contributed by atoms with Crippen molar-refractivity contribution in [3.8, 4) is 5.75 Å². The largest absolute Gasteiger partial charge is 0.464 e. The second-order valence-electron chi connectivity index (χ2n) is 2.69. The van der Waals surface area contributed by atoms with Crippen LogP contribution in [0.2, 0.25) is 0 Å². The van der Waals surface area contributed by atoms with E-state index in [1.807, 2.05) is 17.8 Å². The van der Waals surface area contributed by atoms with Crippen molar-refractivity contribution in [1.82, 2.24) is 9.78 Å². The van der Waals surface area contributed by atoms with Gasteiger partial charge < -0.3 is 9.47 Å². The van der Waals surface area contributed by atoms with E-state index in [4.69, 9.17) is 9.47 Å². The SMILES string of the molecule is CCCn1cc(OCOCC)cn1. The Labute approximate surface area is 78.5 Å². The molecule has 0 aromatic carbocycles. The van der Waals surface area contributed by atoms with Crippen LogP contribution in [0.4, 0.5) is 0 Å². The molecule has 0 saturated heterocycles. The van der Waals surface area contributed by atoms with Gasteiger partial charge in [0.2, 0.25) is 0 Å². The van der Waals surface area contributed by atoms with Gasteiger partial charge in [-0.2, -0.15) is 5.10 Å². The van der Waals surface area contributed by atoms with Crippen molar-refractivity contribution in [2.45, 2.75) is 26.8 Å². The van der Waals surface area contributed by atoms with Crippen LogP contribution < -0.4 is 4.74 Å². The quantitative estimate of drug-likeness (QED) is 0.498. The van der Waals surface area contributed by atoms with Gasteiger partial charge in [-0.1, -0.05) is 6.92 Å². The fourth-order valence-corrected chi connectivity index (χ4v) is 0.964. The molecule has 0 unspecified atom stereocenters. The molecular weight excluding hydrogens is 168 g/mol. The van der Waals surface area contributed by atoms with E-state index in [-0.39, 0.29) is 0 Å². The summed E-state index contributed by atoms with van der Waals surface area (Å²) in [5.74, 6) is 0.766. The number of ether oxygens (including phenoxy) is 2. The smallest absolute Gasteiger partial charge is 0.189 e. The van der Waals surface area contributed by atoms with Crippen molar-refractivity contribution in [3.63, 3.8) is 0 Å². The zero-order valence-electron chi connectivity index (χ0n) is 8.19. The molecule has 74 valence electrons. The van der Waals surface area contributed by atoms with Gasteiger partial charge in [0.15, 0.2) is 12.5 Å². The summed E-state index contributed by atoms with van der Waals surface area (Å²) < 4.78 is 12.2. The first-order chi connectivity index (χ1) is 6.36. The molecule has 4 heteroatoms. The fourth-order valence-electron chi connectivity index (χ4n) is 0.964. The highest BCUT2D eigenvalue weighted by atomic mass is 16.7. The normalized spacial score (nSPS) is 10.3. The van der Waals surface area contributed by atoms with E-state index in [9.17, 15) is 0 Å². The van der Waals surface area contributed by atoms with E-state index in [0.29, 0.717) is 13.4 Å². The third-order valence-electron chi connectivity index (χ3n) is 1.58. The Morgan fingerprint density at radius 2 is 2.31 bits per heavy atom. The maximum atomic E-state index is 5.27. The highest BCUT2D eigenvalue weighted by Crippen LogP contribution is 2.08. The Hall–Kier alpha value is -1.03. The van der Waals surface area contributed by atoms with E-state index >= 15 is 0 Å². The lowest BCUT2D eigenvalue weighted by Crippen LogP contribution is -2.01. The summed E-state index contributed by atoms with van der Waals surface area (Å²) in [5, 5.41) is 4.12. The lowest BCUT2D eigenvalue weighted by molar-refractivity contribution is 0.0223. The van der Waals surface area contributed by atoms with Crippen molar-refractivity contribution in [3.05, 3.63) is 12.4 Å². The Morgan fingerprint density at radius 1 is 1.46 bits per heavy atom. The van der Waals surface area contributed by atoms with Crippen LogP contribution in [0.3, 0.4) is 0 Å². The summed E-state index contributed by atoms with van der Waals surface area (Å²) in [6.45, 7) is 5.95. The summed E-state index contributed by atoms with van der Waals surface area (Å²) >= 11 is 0. The third-order valence-corrected chi connectivity index (χ3v) is 1.58. The molecule has 0 N–H and O–H groups in total. The standard InChI is InChI=1S/C9H16N2O2/c1-3-5-11-7-9(6-10-11)13-8-12-4-2/h6-7H,3-5,8H2,1-2H3. The van der Waals surface area contributed by atoms with E-state index in [0.717, 1.165) is 18.7 Å². The van der Waals surface area contributed by atoms with Gasteiger partial charge in [0.1, 0.15) is 0 Å². The van der Waals surface area contributed by atoms with Crippen LogP contribution >= 0.6 is 0 Å². The van der Waals surface area contributed by atoms with Gasteiger partial charge >= 0.3 is 0 Å². The Balaban J connectivity index is 2.31. The van der Waals surface area contributed by atoms with Crippen LogP contribution in [-0.2, 0) is 11.3 Å². The summed E-state index contributed by atoms with van der Waals surface area (Å²) in [6, 6.07) is 0. The average Bonchev–Trinajstić information content (AvgIpc) is 2.54. The van der Waals surface area contributed by atoms with Crippen molar-refractivity contribution in [2.75, 3.05) is 13.4 Å². The van der Waals surface area contributed by atoms with E-state index in [1.165, 1.54) is 0 Å². The zero-order chi connectivity index (χ0) is 9.52. The van der Waals surface area contributed by atoms with E-state index < -0.39 is 0 Å². The number of hydrogen-bond donors (Lipinski definition) is 0. The van der Waals surface area contributed by atoms with Crippen molar-refractivity contribution in [1.29, 1.82) is 0 Å². The topological polar surface area (TPSA) is 36.3 Å². The number of nitrogens with zero attached hydrogens (tertiary/aromatic N) is 2. The fraction of sp³-hybridized carbons (Fsp3) is 0.667. The molecule has 1 aromatic rings. The highest BCUT2D eigenvalue weighted by molar-refractivity contribution is 5.11. The molecule has 1 aromatic heterocycles. The number of aromatic nitrogens is 2. The van der Waals surface area contributed by atoms with Gasteiger partial charge in [-0.25, -0.2) is 0 Å². The third kappa shape index (κ3) is 3.46. The molecule has 0 aliphatic carbocycles. The van der Waals surface area contributed by atoms with Gasteiger partial charge in [-0.3, -0.25) is 4.68 Å². The van der Waals surface area contributed by atoms with Crippen molar-refractivity contribution in [2.24, 2.45) is 0 Å². The molecule has 0 saturated carbocycles. The minimum atomic E-state index is 0.300. The zero-order valence-corrected chi connectivity index (χ0v) is 8.19. The van der Waals surface area contributed by atoms with Gasteiger partial charge in [0, 0.05) is 13.2 Å². The van der Waals surface area contributed by atoms with Crippen molar-refractivity contribution >= 4 is 0 Å². The minimum Gasteiger partial charge on any atom is -0.464 e. The first-order valence-corrected chi connectivity index (χ1v) is 4.59. The maximum absolute atomic E-state index is 5.27. The maximum Gasteiger partial charge on any atom is 0.189 e. The molecular formula is C9H16N2O2. The Bertz CT molecular complexity index is 235. The van der Waals surface area contributed by atoms with Gasteiger partial charge in [0.25, 0.3) is 0 Å². The molecule has 0 radical (unpaired) electrons. The molecule has 0 atom stereocenters. The number of rotatable bonds is 6. The van der Waals surface area contributed by atoms with Gasteiger partial charge in [-0.05, 0) is 13.3 Å². The number of aryl methyl sites for hydroxylation is 1. The molecule has 0 amide bonds. The second kappa shape index (κ2) is 5.59. The molecule has 0 spiro atoms. The summed E-state index contributed by atoms with van der Waals surface area (Å²) in [4.78, 5) is 0. The molecule has 13 heavy (non-hydrogen) atoms. The lowest BCUT2D eigenvalue weighted by atomic mass is 10.5. The van der Waals surface area contributed by atoms with E-state index in [2.05, 4.69) is 12.0 Å². The predicted molar refractivity (Wildman–Crippen MR) is 49.6 cm³/mol. The monoisotopic (exact) mass is 184 g/mol. The van der Waals surface area contributed by atoms with E-state index in [1.54, 1.807) is 6.20 Å². The highest BCUT2D eigenvalue weighted by Gasteiger charge is 1.97. The van der Waals surface area contributed by atoms with Gasteiger partial charge in [0.05, 0.1) is 12.4 Å². The van der Waals surface area contributed by atoms with Crippen molar-refractivity contribution < 1.29 is 9.47 Å². The summed E-state index contributed by atoms with van der Waals surface area (Å²) in [7, 11) is 0. The molecule has 0 fully saturated rings. The molecule has 0 aliphatic rings. The van der Waals surface area contributed by atoms with Crippen LogP contribution in [0.15, 0.2) is 12.4 Å². The molecule has 0 bridgehead atoms. The molecule has 0 aliphatic heterocycles. The average molecular weight is 184 g/mol.